The first-order chi connectivity index (χ1) is 18.8. The molecule has 1 aliphatic carbocycles. The number of rotatable bonds is 7. The Morgan fingerprint density at radius 2 is 1.85 bits per heavy atom. The molecule has 4 aliphatic heterocycles. The molecule has 8 nitrogen and oxygen atoms in total. The molecule has 8 heteroatoms. The van der Waals surface area contributed by atoms with Crippen molar-refractivity contribution in [3.8, 4) is 0 Å². The molecule has 3 amide bonds. The molecule has 5 aliphatic rings. The predicted octanol–water partition coefficient (Wildman–Crippen LogP) is 3.77. The zero-order valence-corrected chi connectivity index (χ0v) is 23.2. The largest absolute Gasteiger partial charge is 0.376 e. The average Bonchev–Trinajstić information content (AvgIpc) is 3.69. The van der Waals surface area contributed by atoms with Gasteiger partial charge in [-0.1, -0.05) is 57.9 Å². The van der Waals surface area contributed by atoms with Crippen molar-refractivity contribution in [2.75, 3.05) is 18.5 Å². The highest BCUT2D eigenvalue weighted by Crippen LogP contribution is 2.55. The van der Waals surface area contributed by atoms with Crippen LogP contribution in [0.4, 0.5) is 5.69 Å². The van der Waals surface area contributed by atoms with Crippen molar-refractivity contribution < 1.29 is 23.9 Å². The fourth-order valence-electron chi connectivity index (χ4n) is 7.44. The number of benzene rings is 1. The summed E-state index contributed by atoms with van der Waals surface area (Å²) in [4.78, 5) is 43.5. The summed E-state index contributed by atoms with van der Waals surface area (Å²) in [5.74, 6) is -1.29. The Kier molecular flexibility index (Phi) is 7.04. The maximum Gasteiger partial charge on any atom is 0.246 e. The normalized spacial score (nSPS) is 37.0. The minimum Gasteiger partial charge on any atom is -0.376 e. The lowest BCUT2D eigenvalue weighted by Crippen LogP contribution is -2.58. The molecular formula is C31H41N3O5. The van der Waals surface area contributed by atoms with Crippen molar-refractivity contribution in [1.82, 2.24) is 10.2 Å². The molecule has 0 aromatic heterocycles. The third kappa shape index (κ3) is 4.59. The van der Waals surface area contributed by atoms with Crippen LogP contribution in [-0.4, -0.2) is 65.7 Å². The summed E-state index contributed by atoms with van der Waals surface area (Å²) < 4.78 is 12.4. The van der Waals surface area contributed by atoms with E-state index in [1.54, 1.807) is 4.90 Å². The first-order valence-electron chi connectivity index (χ1n) is 14.8. The number of hydrogen-bond donors (Lipinski definition) is 2. The topological polar surface area (TPSA) is 97.0 Å². The quantitative estimate of drug-likeness (QED) is 0.518. The Hall–Kier alpha value is -2.71. The van der Waals surface area contributed by atoms with Gasteiger partial charge in [0.1, 0.15) is 11.6 Å². The summed E-state index contributed by atoms with van der Waals surface area (Å²) >= 11 is 0. The Balaban J connectivity index is 1.27. The molecule has 2 N–H and O–H groups in total. The maximum atomic E-state index is 14.1. The van der Waals surface area contributed by atoms with E-state index in [-0.39, 0.29) is 29.9 Å². The molecular weight excluding hydrogens is 494 g/mol. The van der Waals surface area contributed by atoms with E-state index in [1.165, 1.54) is 12.0 Å². The summed E-state index contributed by atoms with van der Waals surface area (Å²) in [6, 6.07) is 7.07. The van der Waals surface area contributed by atoms with Crippen LogP contribution in [0.25, 0.3) is 0 Å². The molecule has 0 radical (unpaired) electrons. The van der Waals surface area contributed by atoms with Crippen LogP contribution >= 0.6 is 0 Å². The molecule has 2 bridgehead atoms. The molecule has 4 fully saturated rings. The summed E-state index contributed by atoms with van der Waals surface area (Å²) in [5.41, 5.74) is 0.730. The lowest BCUT2D eigenvalue weighted by molar-refractivity contribution is -0.143. The van der Waals surface area contributed by atoms with E-state index in [0.29, 0.717) is 30.7 Å². The van der Waals surface area contributed by atoms with Gasteiger partial charge in [0.05, 0.1) is 24.0 Å². The van der Waals surface area contributed by atoms with Gasteiger partial charge in [-0.2, -0.15) is 0 Å². The Morgan fingerprint density at radius 1 is 1.08 bits per heavy atom. The maximum absolute atomic E-state index is 14.1. The third-order valence-corrected chi connectivity index (χ3v) is 9.63. The van der Waals surface area contributed by atoms with Crippen LogP contribution in [0.3, 0.4) is 0 Å². The monoisotopic (exact) mass is 535 g/mol. The summed E-state index contributed by atoms with van der Waals surface area (Å²) in [6.07, 6.45) is 9.19. The summed E-state index contributed by atoms with van der Waals surface area (Å²) in [5, 5.41) is 6.31. The Labute approximate surface area is 230 Å². The zero-order valence-electron chi connectivity index (χ0n) is 23.2. The second-order valence-corrected chi connectivity index (χ2v) is 12.5. The molecule has 0 unspecified atom stereocenters. The van der Waals surface area contributed by atoms with Crippen LogP contribution in [0.2, 0.25) is 0 Å². The Morgan fingerprint density at radius 3 is 2.54 bits per heavy atom. The fourth-order valence-corrected chi connectivity index (χ4v) is 7.44. The molecule has 1 aromatic rings. The van der Waals surface area contributed by atoms with Crippen molar-refractivity contribution in [1.29, 1.82) is 0 Å². The average molecular weight is 536 g/mol. The van der Waals surface area contributed by atoms with Crippen LogP contribution in [-0.2, 0) is 23.9 Å². The van der Waals surface area contributed by atoms with E-state index < -0.39 is 29.6 Å². The Bertz CT molecular complexity index is 1140. The number of likely N-dealkylation sites (tertiary alicyclic amines) is 1. The predicted molar refractivity (Wildman–Crippen MR) is 147 cm³/mol. The minimum atomic E-state index is -1.15. The first-order valence-corrected chi connectivity index (χ1v) is 14.8. The number of nitrogens with one attached hydrogen (secondary N) is 2. The highest BCUT2D eigenvalue weighted by molar-refractivity contribution is 6.02. The highest BCUT2D eigenvalue weighted by atomic mass is 16.5. The van der Waals surface area contributed by atoms with Gasteiger partial charge in [-0.05, 0) is 55.2 Å². The molecule has 210 valence electrons. The number of amides is 3. The number of anilines is 1. The van der Waals surface area contributed by atoms with Gasteiger partial charge < -0.3 is 25.0 Å². The van der Waals surface area contributed by atoms with Gasteiger partial charge in [0.15, 0.2) is 0 Å². The van der Waals surface area contributed by atoms with Crippen LogP contribution < -0.4 is 10.6 Å². The van der Waals surface area contributed by atoms with E-state index in [1.807, 2.05) is 36.4 Å². The fraction of sp³-hybridized carbons (Fsp3) is 0.645. The molecule has 3 saturated heterocycles. The number of carbonyl (C=O) groups excluding carboxylic acids is 3. The van der Waals surface area contributed by atoms with Gasteiger partial charge in [0, 0.05) is 24.9 Å². The van der Waals surface area contributed by atoms with Crippen LogP contribution in [0, 0.1) is 17.8 Å². The van der Waals surface area contributed by atoms with Crippen LogP contribution in [0.5, 0.6) is 0 Å². The van der Waals surface area contributed by atoms with E-state index in [4.69, 9.17) is 9.47 Å². The molecule has 8 atom stereocenters. The van der Waals surface area contributed by atoms with Crippen molar-refractivity contribution in [3.05, 3.63) is 42.0 Å². The second-order valence-electron chi connectivity index (χ2n) is 12.5. The molecule has 39 heavy (non-hydrogen) atoms. The minimum absolute atomic E-state index is 0.0804. The van der Waals surface area contributed by atoms with Crippen LogP contribution in [0.15, 0.2) is 36.4 Å². The van der Waals surface area contributed by atoms with Crippen molar-refractivity contribution >= 4 is 23.4 Å². The summed E-state index contributed by atoms with van der Waals surface area (Å²) in [6.45, 7) is 7.43. The first kappa shape index (κ1) is 26.5. The van der Waals surface area contributed by atoms with E-state index in [9.17, 15) is 14.4 Å². The van der Waals surface area contributed by atoms with Crippen molar-refractivity contribution in [2.24, 2.45) is 17.8 Å². The number of carbonyl (C=O) groups is 3. The highest BCUT2D eigenvalue weighted by Gasteiger charge is 2.73. The lowest BCUT2D eigenvalue weighted by Gasteiger charge is -2.36. The number of ether oxygens (including phenoxy) is 2. The SMILES string of the molecule is CC(C)c1ccc(NC(=O)[C@@H]2[C@@H]3C=C[C@]4(O3)[C@@H]2C(=O)N(C[C@@H]2CCCO2)[C@H]4C(=O)N[C@@H]2CCCC[C@H]2C)cc1. The lowest BCUT2D eigenvalue weighted by atomic mass is 9.74. The molecule has 1 spiro atoms. The molecule has 1 aromatic carbocycles. The van der Waals surface area contributed by atoms with Gasteiger partial charge in [-0.3, -0.25) is 14.4 Å². The molecule has 4 heterocycles. The second kappa shape index (κ2) is 10.4. The van der Waals surface area contributed by atoms with Crippen LogP contribution in [0.1, 0.15) is 70.8 Å². The van der Waals surface area contributed by atoms with E-state index in [2.05, 4.69) is 31.4 Å². The molecule has 1 saturated carbocycles. The van der Waals surface area contributed by atoms with Gasteiger partial charge in [-0.15, -0.1) is 0 Å². The number of nitrogens with zero attached hydrogens (tertiary/aromatic N) is 1. The zero-order chi connectivity index (χ0) is 27.3. The number of fused-ring (bicyclic) bond motifs is 1. The smallest absolute Gasteiger partial charge is 0.246 e. The van der Waals surface area contributed by atoms with Gasteiger partial charge in [0.2, 0.25) is 17.7 Å². The molecule has 6 rings (SSSR count). The number of hydrogen-bond acceptors (Lipinski definition) is 5. The van der Waals surface area contributed by atoms with Gasteiger partial charge in [0.25, 0.3) is 0 Å². The van der Waals surface area contributed by atoms with E-state index in [0.717, 1.165) is 32.1 Å². The van der Waals surface area contributed by atoms with Gasteiger partial charge >= 0.3 is 0 Å². The van der Waals surface area contributed by atoms with E-state index >= 15 is 0 Å². The summed E-state index contributed by atoms with van der Waals surface area (Å²) in [7, 11) is 0. The van der Waals surface area contributed by atoms with Crippen molar-refractivity contribution in [3.63, 3.8) is 0 Å². The third-order valence-electron chi connectivity index (χ3n) is 9.63. The van der Waals surface area contributed by atoms with Gasteiger partial charge in [-0.25, -0.2) is 0 Å². The standard InChI is InChI=1S/C31H41N3O5/c1-18(2)20-10-12-21(13-11-20)32-28(35)25-24-14-15-31(39-24)26(25)30(37)34(17-22-8-6-16-38-22)27(31)29(36)33-23-9-5-4-7-19(23)3/h10-15,18-19,22-27H,4-9,16-17H2,1-3H3,(H,32,35)(H,33,36)/t19-,22+,23-,24+,25-,26+,27+,31+/m1/s1. The van der Waals surface area contributed by atoms with Crippen molar-refractivity contribution in [2.45, 2.75) is 95.1 Å².